The number of carbonyl (C=O) groups excluding carboxylic acids is 1. The summed E-state index contributed by atoms with van der Waals surface area (Å²) in [5.41, 5.74) is 0.741. The van der Waals surface area contributed by atoms with Gasteiger partial charge in [0.1, 0.15) is 23.2 Å². The highest BCUT2D eigenvalue weighted by atomic mass is 16.5. The van der Waals surface area contributed by atoms with E-state index in [9.17, 15) is 9.90 Å². The zero-order valence-electron chi connectivity index (χ0n) is 14.0. The Morgan fingerprint density at radius 2 is 1.88 bits per heavy atom. The molecule has 1 heterocycles. The molecule has 5 nitrogen and oxygen atoms in total. The van der Waals surface area contributed by atoms with Gasteiger partial charge in [-0.2, -0.15) is 0 Å². The predicted octanol–water partition coefficient (Wildman–Crippen LogP) is 3.44. The average Bonchev–Trinajstić information content (AvgIpc) is 3.06. The molecule has 2 aromatic carbocycles. The summed E-state index contributed by atoms with van der Waals surface area (Å²) in [7, 11) is 0. The predicted molar refractivity (Wildman–Crippen MR) is 95.3 cm³/mol. The number of amides is 1. The van der Waals surface area contributed by atoms with Crippen LogP contribution in [-0.2, 0) is 4.79 Å². The molecule has 3 rings (SSSR count). The van der Waals surface area contributed by atoms with Gasteiger partial charge in [-0.1, -0.05) is 36.4 Å². The highest BCUT2D eigenvalue weighted by Gasteiger charge is 2.17. The van der Waals surface area contributed by atoms with E-state index in [2.05, 4.69) is 5.32 Å². The molecule has 3 aromatic rings. The molecule has 0 spiro atoms. The Morgan fingerprint density at radius 3 is 2.64 bits per heavy atom. The third-order valence-corrected chi connectivity index (χ3v) is 3.92. The fourth-order valence-electron chi connectivity index (χ4n) is 2.54. The van der Waals surface area contributed by atoms with Crippen LogP contribution in [0.5, 0.6) is 5.75 Å². The first-order valence-corrected chi connectivity index (χ1v) is 8.29. The number of hydrogen-bond donors (Lipinski definition) is 2. The Kier molecular flexibility index (Phi) is 5.36. The SMILES string of the molecule is C[C@H](Oc1ccccc1)C(=O)NCC[C@@H](O)c1cc2ccccc2o1. The van der Waals surface area contributed by atoms with E-state index in [1.165, 1.54) is 0 Å². The van der Waals surface area contributed by atoms with Crippen LogP contribution in [-0.4, -0.2) is 23.7 Å². The van der Waals surface area contributed by atoms with Crippen molar-refractivity contribution < 1.29 is 19.1 Å². The van der Waals surface area contributed by atoms with Crippen LogP contribution in [0.2, 0.25) is 0 Å². The lowest BCUT2D eigenvalue weighted by Crippen LogP contribution is -2.37. The Hall–Kier alpha value is -2.79. The third kappa shape index (κ3) is 4.39. The van der Waals surface area contributed by atoms with Crippen molar-refractivity contribution in [2.24, 2.45) is 0 Å². The highest BCUT2D eigenvalue weighted by Crippen LogP contribution is 2.25. The minimum Gasteiger partial charge on any atom is -0.481 e. The van der Waals surface area contributed by atoms with Gasteiger partial charge in [0.15, 0.2) is 6.10 Å². The fourth-order valence-corrected chi connectivity index (χ4v) is 2.54. The molecule has 0 aliphatic heterocycles. The molecule has 0 aliphatic rings. The molecule has 0 fully saturated rings. The van der Waals surface area contributed by atoms with E-state index >= 15 is 0 Å². The second-order valence-electron chi connectivity index (χ2n) is 5.86. The van der Waals surface area contributed by atoms with Gasteiger partial charge in [-0.05, 0) is 37.6 Å². The summed E-state index contributed by atoms with van der Waals surface area (Å²) >= 11 is 0. The van der Waals surface area contributed by atoms with Crippen LogP contribution in [0.25, 0.3) is 11.0 Å². The van der Waals surface area contributed by atoms with Crippen molar-refractivity contribution in [2.45, 2.75) is 25.6 Å². The first-order valence-electron chi connectivity index (χ1n) is 8.29. The molecule has 5 heteroatoms. The molecule has 0 unspecified atom stereocenters. The quantitative estimate of drug-likeness (QED) is 0.692. The number of aliphatic hydroxyl groups is 1. The first kappa shape index (κ1) is 17.0. The maximum absolute atomic E-state index is 12.1. The molecule has 0 bridgehead atoms. The molecule has 2 atom stereocenters. The van der Waals surface area contributed by atoms with Gasteiger partial charge in [0.25, 0.3) is 5.91 Å². The van der Waals surface area contributed by atoms with Crippen molar-refractivity contribution in [3.8, 4) is 5.75 Å². The number of fused-ring (bicyclic) bond motifs is 1. The molecule has 1 aromatic heterocycles. The maximum atomic E-state index is 12.1. The fraction of sp³-hybridized carbons (Fsp3) is 0.250. The normalized spacial score (nSPS) is 13.4. The summed E-state index contributed by atoms with van der Waals surface area (Å²) in [6.07, 6.45) is -1.01. The van der Waals surface area contributed by atoms with Crippen molar-refractivity contribution in [3.05, 3.63) is 66.4 Å². The van der Waals surface area contributed by atoms with Crippen molar-refractivity contribution in [2.75, 3.05) is 6.54 Å². The number of carbonyl (C=O) groups is 1. The number of ether oxygens (including phenoxy) is 1. The van der Waals surface area contributed by atoms with Gasteiger partial charge in [0, 0.05) is 11.9 Å². The molecular weight excluding hydrogens is 318 g/mol. The first-order chi connectivity index (χ1) is 12.1. The van der Waals surface area contributed by atoms with Crippen molar-refractivity contribution >= 4 is 16.9 Å². The molecule has 0 radical (unpaired) electrons. The van der Waals surface area contributed by atoms with Crippen molar-refractivity contribution in [1.82, 2.24) is 5.32 Å². The Morgan fingerprint density at radius 1 is 1.16 bits per heavy atom. The number of hydrogen-bond acceptors (Lipinski definition) is 4. The molecule has 130 valence electrons. The van der Waals surface area contributed by atoms with E-state index < -0.39 is 12.2 Å². The number of rotatable bonds is 7. The van der Waals surface area contributed by atoms with E-state index in [0.717, 1.165) is 11.0 Å². The summed E-state index contributed by atoms with van der Waals surface area (Å²) in [4.78, 5) is 12.1. The van der Waals surface area contributed by atoms with Gasteiger partial charge in [0.05, 0.1) is 0 Å². The molecule has 0 saturated heterocycles. The maximum Gasteiger partial charge on any atom is 0.260 e. The number of benzene rings is 2. The Bertz CT molecular complexity index is 795. The lowest BCUT2D eigenvalue weighted by Gasteiger charge is -2.15. The molecule has 1 amide bonds. The van der Waals surface area contributed by atoms with Crippen molar-refractivity contribution in [1.29, 1.82) is 0 Å². The van der Waals surface area contributed by atoms with Crippen LogP contribution in [0.15, 0.2) is 65.1 Å². The largest absolute Gasteiger partial charge is 0.481 e. The minimum atomic E-state index is -0.766. The summed E-state index contributed by atoms with van der Waals surface area (Å²) in [6, 6.07) is 18.6. The smallest absolute Gasteiger partial charge is 0.260 e. The van der Waals surface area contributed by atoms with Gasteiger partial charge in [0.2, 0.25) is 0 Å². The summed E-state index contributed by atoms with van der Waals surface area (Å²) < 4.78 is 11.2. The van der Waals surface area contributed by atoms with Crippen LogP contribution >= 0.6 is 0 Å². The van der Waals surface area contributed by atoms with Crippen molar-refractivity contribution in [3.63, 3.8) is 0 Å². The Labute approximate surface area is 146 Å². The third-order valence-electron chi connectivity index (χ3n) is 3.92. The molecule has 0 saturated carbocycles. The summed E-state index contributed by atoms with van der Waals surface area (Å²) in [5, 5.41) is 14.0. The van der Waals surface area contributed by atoms with E-state index in [4.69, 9.17) is 9.15 Å². The molecule has 2 N–H and O–H groups in total. The van der Waals surface area contributed by atoms with Gasteiger partial charge >= 0.3 is 0 Å². The second-order valence-corrected chi connectivity index (χ2v) is 5.86. The van der Waals surface area contributed by atoms with Crippen LogP contribution in [0.4, 0.5) is 0 Å². The molecular formula is C20H21NO4. The number of aliphatic hydroxyl groups excluding tert-OH is 1. The zero-order valence-corrected chi connectivity index (χ0v) is 14.0. The van der Waals surface area contributed by atoms with Gasteiger partial charge in [-0.25, -0.2) is 0 Å². The zero-order chi connectivity index (χ0) is 17.6. The number of furan rings is 1. The van der Waals surface area contributed by atoms with Crippen LogP contribution in [0.3, 0.4) is 0 Å². The summed E-state index contributed by atoms with van der Waals surface area (Å²) in [5.74, 6) is 0.928. The lowest BCUT2D eigenvalue weighted by molar-refractivity contribution is -0.127. The van der Waals surface area contributed by atoms with Gasteiger partial charge in [-0.3, -0.25) is 4.79 Å². The summed E-state index contributed by atoms with van der Waals surface area (Å²) in [6.45, 7) is 2.03. The van der Waals surface area contributed by atoms with E-state index in [0.29, 0.717) is 24.5 Å². The van der Waals surface area contributed by atoms with Crippen LogP contribution in [0.1, 0.15) is 25.2 Å². The standard InChI is InChI=1S/C20H21NO4/c1-14(24-16-8-3-2-4-9-16)20(23)21-12-11-17(22)19-13-15-7-5-6-10-18(15)25-19/h2-10,13-14,17,22H,11-12H2,1H3,(H,21,23)/t14-,17+/m0/s1. The van der Waals surface area contributed by atoms with Gasteiger partial charge in [-0.15, -0.1) is 0 Å². The highest BCUT2D eigenvalue weighted by molar-refractivity contribution is 5.80. The topological polar surface area (TPSA) is 71.7 Å². The second kappa shape index (κ2) is 7.85. The Balaban J connectivity index is 1.47. The van der Waals surface area contributed by atoms with E-state index in [-0.39, 0.29) is 5.91 Å². The average molecular weight is 339 g/mol. The van der Waals surface area contributed by atoms with E-state index in [1.54, 1.807) is 19.1 Å². The van der Waals surface area contributed by atoms with Gasteiger partial charge < -0.3 is 19.6 Å². The van der Waals surface area contributed by atoms with E-state index in [1.807, 2.05) is 48.5 Å². The van der Waals surface area contributed by atoms with Crippen LogP contribution in [0, 0.1) is 0 Å². The number of para-hydroxylation sites is 2. The monoisotopic (exact) mass is 339 g/mol. The lowest BCUT2D eigenvalue weighted by atomic mass is 10.2. The number of nitrogens with one attached hydrogen (secondary N) is 1. The molecule has 25 heavy (non-hydrogen) atoms. The van der Waals surface area contributed by atoms with Crippen LogP contribution < -0.4 is 10.1 Å². The minimum absolute atomic E-state index is 0.222. The molecule has 0 aliphatic carbocycles.